The van der Waals surface area contributed by atoms with Gasteiger partial charge in [0.2, 0.25) is 5.91 Å². The largest absolute Gasteiger partial charge is 0.394 e. The minimum Gasteiger partial charge on any atom is -0.394 e. The highest BCUT2D eigenvalue weighted by atomic mass is 16.7. The molecule has 9 N–H and O–H groups in total. The highest BCUT2D eigenvalue weighted by Crippen LogP contribution is 2.30. The predicted octanol–water partition coefficient (Wildman–Crippen LogP) is 7.39. The van der Waals surface area contributed by atoms with Crippen molar-refractivity contribution >= 4 is 5.91 Å². The summed E-state index contributed by atoms with van der Waals surface area (Å²) in [5, 5.41) is 87.0. The van der Waals surface area contributed by atoms with Crippen LogP contribution in [-0.2, 0) is 23.7 Å². The standard InChI is InChI=1S/C51H99NO13/c1-3-5-7-9-11-13-15-17-19-21-22-24-26-28-30-32-34-40(55)39(52-43(56)35-33-31-29-27-25-23-20-18-16-14-12-10-8-6-4-2)38-62-50-48(61)46(59)49(42(37-54)64-50)65-51-47(60)45(58)44(57)41(36-53)63-51/h39-42,44-51,53-55,57-61H,3-38H2,1-2H3,(H,52,56). The molecule has 0 aromatic heterocycles. The normalized spacial score (nSPS) is 26.9. The lowest BCUT2D eigenvalue weighted by Crippen LogP contribution is -2.65. The summed E-state index contributed by atoms with van der Waals surface area (Å²) in [6, 6.07) is -0.821. The van der Waals surface area contributed by atoms with E-state index in [9.17, 15) is 45.6 Å². The van der Waals surface area contributed by atoms with Crippen LogP contribution in [0.4, 0.5) is 0 Å². The first-order valence-corrected chi connectivity index (χ1v) is 26.8. The van der Waals surface area contributed by atoms with Crippen LogP contribution in [0.5, 0.6) is 0 Å². The minimum atomic E-state index is -1.78. The van der Waals surface area contributed by atoms with Crippen molar-refractivity contribution < 1.29 is 64.6 Å². The maximum atomic E-state index is 13.2. The molecule has 12 unspecified atom stereocenters. The van der Waals surface area contributed by atoms with Gasteiger partial charge in [0.1, 0.15) is 48.8 Å². The molecule has 12 atom stereocenters. The SMILES string of the molecule is CCCCCCCCCCCCCCCCCCC(O)C(COC1OC(CO)C(OC2OC(CO)C(O)C(O)C2O)C(O)C1O)NC(=O)CCCCCCCCCCCCCCCCC. The molecular weight excluding hydrogens is 835 g/mol. The number of aliphatic hydroxyl groups is 8. The maximum absolute atomic E-state index is 13.2. The van der Waals surface area contributed by atoms with Crippen LogP contribution >= 0.6 is 0 Å². The fraction of sp³-hybridized carbons (Fsp3) is 0.980. The third-order valence-corrected chi connectivity index (χ3v) is 13.6. The first kappa shape index (κ1) is 60.1. The zero-order chi connectivity index (χ0) is 47.5. The number of carbonyl (C=O) groups excluding carboxylic acids is 1. The molecule has 14 nitrogen and oxygen atoms in total. The molecule has 0 saturated carbocycles. The molecule has 2 fully saturated rings. The van der Waals surface area contributed by atoms with E-state index < -0.39 is 86.8 Å². The van der Waals surface area contributed by atoms with Crippen LogP contribution in [0.25, 0.3) is 0 Å². The van der Waals surface area contributed by atoms with E-state index in [-0.39, 0.29) is 12.5 Å². The molecule has 0 aromatic rings. The van der Waals surface area contributed by atoms with Crippen LogP contribution in [0.3, 0.4) is 0 Å². The van der Waals surface area contributed by atoms with Crippen molar-refractivity contribution in [2.24, 2.45) is 0 Å². The minimum absolute atomic E-state index is 0.203. The zero-order valence-electron chi connectivity index (χ0n) is 41.0. The van der Waals surface area contributed by atoms with Gasteiger partial charge in [-0.25, -0.2) is 0 Å². The topological polar surface area (TPSA) is 228 Å². The Labute approximate surface area is 393 Å². The summed E-state index contributed by atoms with van der Waals surface area (Å²) in [6.07, 6.45) is 22.4. The van der Waals surface area contributed by atoms with E-state index >= 15 is 0 Å². The number of carbonyl (C=O) groups is 1. The van der Waals surface area contributed by atoms with E-state index in [0.29, 0.717) is 12.8 Å². The third kappa shape index (κ3) is 26.0. The fourth-order valence-corrected chi connectivity index (χ4v) is 9.18. The summed E-state index contributed by atoms with van der Waals surface area (Å²) >= 11 is 0. The Morgan fingerprint density at radius 3 is 1.31 bits per heavy atom. The number of ether oxygens (including phenoxy) is 4. The van der Waals surface area contributed by atoms with Gasteiger partial charge in [-0.1, -0.05) is 206 Å². The molecule has 0 aliphatic carbocycles. The number of amides is 1. The van der Waals surface area contributed by atoms with Crippen molar-refractivity contribution in [2.45, 2.75) is 299 Å². The number of unbranched alkanes of at least 4 members (excludes halogenated alkanes) is 29. The molecular formula is C51H99NO13. The average molecular weight is 934 g/mol. The van der Waals surface area contributed by atoms with E-state index in [1.165, 1.54) is 148 Å². The molecule has 14 heteroatoms. The maximum Gasteiger partial charge on any atom is 0.220 e. The summed E-state index contributed by atoms with van der Waals surface area (Å²) in [5.41, 5.74) is 0. The lowest BCUT2D eigenvalue weighted by atomic mass is 9.97. The Hall–Kier alpha value is -1.01. The highest BCUT2D eigenvalue weighted by Gasteiger charge is 2.51. The number of rotatable bonds is 42. The smallest absolute Gasteiger partial charge is 0.220 e. The van der Waals surface area contributed by atoms with Crippen LogP contribution in [0.15, 0.2) is 0 Å². The van der Waals surface area contributed by atoms with Gasteiger partial charge in [0.25, 0.3) is 0 Å². The van der Waals surface area contributed by atoms with Crippen molar-refractivity contribution in [2.75, 3.05) is 19.8 Å². The van der Waals surface area contributed by atoms with Crippen molar-refractivity contribution in [3.63, 3.8) is 0 Å². The summed E-state index contributed by atoms with van der Waals surface area (Å²) in [5.74, 6) is -0.203. The molecule has 65 heavy (non-hydrogen) atoms. The van der Waals surface area contributed by atoms with E-state index in [2.05, 4.69) is 19.2 Å². The molecule has 2 aliphatic heterocycles. The summed E-state index contributed by atoms with van der Waals surface area (Å²) in [7, 11) is 0. The molecule has 2 rings (SSSR count). The van der Waals surface area contributed by atoms with Crippen molar-refractivity contribution in [3.05, 3.63) is 0 Å². The van der Waals surface area contributed by atoms with Crippen LogP contribution in [-0.4, -0.2) is 140 Å². The molecule has 0 radical (unpaired) electrons. The average Bonchev–Trinajstić information content (AvgIpc) is 3.30. The first-order chi connectivity index (χ1) is 31.6. The van der Waals surface area contributed by atoms with E-state index in [4.69, 9.17) is 18.9 Å². The van der Waals surface area contributed by atoms with E-state index in [1.807, 2.05) is 0 Å². The van der Waals surface area contributed by atoms with Crippen molar-refractivity contribution in [1.82, 2.24) is 5.32 Å². The third-order valence-electron chi connectivity index (χ3n) is 13.6. The van der Waals surface area contributed by atoms with Crippen LogP contribution in [0, 0.1) is 0 Å². The lowest BCUT2D eigenvalue weighted by molar-refractivity contribution is -0.359. The number of aliphatic hydroxyl groups excluding tert-OH is 8. The Kier molecular flexibility index (Phi) is 35.9. The quantitative estimate of drug-likeness (QED) is 0.0273. The zero-order valence-corrected chi connectivity index (χ0v) is 41.0. The van der Waals surface area contributed by atoms with Crippen molar-refractivity contribution in [3.8, 4) is 0 Å². The second-order valence-electron chi connectivity index (χ2n) is 19.4. The second-order valence-corrected chi connectivity index (χ2v) is 19.4. The van der Waals surface area contributed by atoms with Gasteiger partial charge in [-0.2, -0.15) is 0 Å². The van der Waals surface area contributed by atoms with Gasteiger partial charge in [0.15, 0.2) is 12.6 Å². The lowest BCUT2D eigenvalue weighted by Gasteiger charge is -2.46. The monoisotopic (exact) mass is 934 g/mol. The Bertz CT molecular complexity index is 1100. The molecule has 2 heterocycles. The molecule has 0 aromatic carbocycles. The van der Waals surface area contributed by atoms with Gasteiger partial charge in [-0.05, 0) is 12.8 Å². The molecule has 0 spiro atoms. The van der Waals surface area contributed by atoms with E-state index in [1.54, 1.807) is 0 Å². The molecule has 2 aliphatic rings. The first-order valence-electron chi connectivity index (χ1n) is 26.8. The summed E-state index contributed by atoms with van der Waals surface area (Å²) in [4.78, 5) is 13.2. The molecule has 386 valence electrons. The molecule has 1 amide bonds. The van der Waals surface area contributed by atoms with Gasteiger partial charge < -0.3 is 65.1 Å². The van der Waals surface area contributed by atoms with Gasteiger partial charge >= 0.3 is 0 Å². The van der Waals surface area contributed by atoms with Crippen LogP contribution in [0.2, 0.25) is 0 Å². The van der Waals surface area contributed by atoms with E-state index in [0.717, 1.165) is 51.4 Å². The van der Waals surface area contributed by atoms with Crippen LogP contribution in [0.1, 0.15) is 226 Å². The predicted molar refractivity (Wildman–Crippen MR) is 254 cm³/mol. The molecule has 2 saturated heterocycles. The Balaban J connectivity index is 1.81. The van der Waals surface area contributed by atoms with Crippen molar-refractivity contribution in [1.29, 1.82) is 0 Å². The fourth-order valence-electron chi connectivity index (χ4n) is 9.18. The summed E-state index contributed by atoms with van der Waals surface area (Å²) in [6.45, 7) is 2.87. The van der Waals surface area contributed by atoms with Gasteiger partial charge in [-0.3, -0.25) is 4.79 Å². The highest BCUT2D eigenvalue weighted by molar-refractivity contribution is 5.76. The Morgan fingerprint density at radius 1 is 0.492 bits per heavy atom. The number of hydrogen-bond acceptors (Lipinski definition) is 13. The van der Waals surface area contributed by atoms with Crippen LogP contribution < -0.4 is 5.32 Å². The number of nitrogens with one attached hydrogen (secondary N) is 1. The second kappa shape index (κ2) is 38.8. The Morgan fingerprint density at radius 2 is 0.877 bits per heavy atom. The van der Waals surface area contributed by atoms with Gasteiger partial charge in [0, 0.05) is 6.42 Å². The summed E-state index contributed by atoms with van der Waals surface area (Å²) < 4.78 is 22.8. The van der Waals surface area contributed by atoms with Gasteiger partial charge in [0.05, 0.1) is 32.0 Å². The number of hydrogen-bond donors (Lipinski definition) is 9. The molecule has 0 bridgehead atoms. The van der Waals surface area contributed by atoms with Gasteiger partial charge in [-0.15, -0.1) is 0 Å².